The van der Waals surface area contributed by atoms with E-state index in [0.29, 0.717) is 0 Å². The van der Waals surface area contributed by atoms with E-state index in [1.807, 2.05) is 0 Å². The maximum atomic E-state index is 2.47. The van der Waals surface area contributed by atoms with Gasteiger partial charge in [-0.1, -0.05) is 371 Å². The molecule has 0 nitrogen and oxygen atoms in total. The first-order valence-corrected chi connectivity index (χ1v) is 41.0. The molecule has 0 fully saturated rings. The molecule has 5 spiro atoms. The molecule has 0 heteroatoms. The van der Waals surface area contributed by atoms with Crippen LogP contribution in [0.5, 0.6) is 0 Å². The van der Waals surface area contributed by atoms with Crippen LogP contribution in [0.4, 0.5) is 0 Å². The van der Waals surface area contributed by atoms with Gasteiger partial charge in [0.1, 0.15) is 0 Å². The highest BCUT2D eigenvalue weighted by atomic mass is 14.5. The summed E-state index contributed by atoms with van der Waals surface area (Å²) in [7, 11) is 0. The number of rotatable bonds is 0. The van der Waals surface area contributed by atoms with E-state index in [2.05, 4.69) is 385 Å². The number of fused-ring (bicyclic) bond motifs is 25. The van der Waals surface area contributed by atoms with E-state index in [1.165, 1.54) is 205 Å². The molecular formula is C110H108. The maximum Gasteiger partial charge on any atom is 0.0578 e. The van der Waals surface area contributed by atoms with Crippen molar-refractivity contribution in [2.75, 3.05) is 0 Å². The Morgan fingerprint density at radius 2 is 0.482 bits per heavy atom. The molecule has 0 bridgehead atoms. The van der Waals surface area contributed by atoms with Gasteiger partial charge in [0.25, 0.3) is 0 Å². The lowest BCUT2D eigenvalue weighted by atomic mass is 9.73. The number of benzene rings is 10. The number of hydrogen-bond donors (Lipinski definition) is 0. The zero-order chi connectivity index (χ0) is 75.8. The second-order valence-electron chi connectivity index (χ2n) is 33.3. The highest BCUT2D eigenvalue weighted by Gasteiger charge is 2.45. The minimum absolute atomic E-state index is 0.0274. The average Bonchev–Trinajstić information content (AvgIpc) is 1.60. The van der Waals surface area contributed by atoms with Crippen LogP contribution < -0.4 is 0 Å². The number of allylic oxidation sites excluding steroid dienone is 22. The van der Waals surface area contributed by atoms with Crippen molar-refractivity contribution in [2.24, 2.45) is 0 Å². The van der Waals surface area contributed by atoms with Crippen LogP contribution in [0.25, 0.3) is 55.6 Å². The van der Waals surface area contributed by atoms with Gasteiger partial charge in [-0.2, -0.15) is 0 Å². The van der Waals surface area contributed by atoms with Gasteiger partial charge in [0.15, 0.2) is 0 Å². The van der Waals surface area contributed by atoms with Gasteiger partial charge in [-0.05, 0) is 264 Å². The van der Waals surface area contributed by atoms with Crippen LogP contribution in [0.15, 0.2) is 316 Å². The van der Waals surface area contributed by atoms with Gasteiger partial charge in [0, 0.05) is 16.2 Å². The van der Waals surface area contributed by atoms with Gasteiger partial charge in [0.05, 0.1) is 10.8 Å². The van der Waals surface area contributed by atoms with Crippen molar-refractivity contribution in [3.63, 3.8) is 0 Å². The predicted molar refractivity (Wildman–Crippen MR) is 471 cm³/mol. The first-order chi connectivity index (χ1) is 53.5. The molecule has 0 radical (unpaired) electrons. The monoisotopic (exact) mass is 1430 g/mol. The summed E-state index contributed by atoms with van der Waals surface area (Å²) in [6.45, 7) is 22.0. The summed E-state index contributed by atoms with van der Waals surface area (Å²) in [6.07, 6.45) is 66.4. The van der Waals surface area contributed by atoms with E-state index >= 15 is 0 Å². The SMILES string of the molecule is Cc1ccc2c(c1)C1(/C=C\C/C=C\CC1)c1cc(C)ccc1-2.Cc1ccc2c(c1)C1(/C=C\C=C/CCC1)c1cc(C)ccc1-2.Cc1ccc2c(c1)C1(/C=C\CC/C=C\C1)c1cc(C)ccc1-2.Cc1ccc2c(c1)C1(C=CC/C=C\C=C/1)c1cc(C)ccc1-2.Cc1ccc2c(c1)C1(C=CCCC/C=C\1)c1cc(C)ccc1-2. The number of aryl methyl sites for hydroxylation is 10. The van der Waals surface area contributed by atoms with E-state index in [-0.39, 0.29) is 27.1 Å². The zero-order valence-electron chi connectivity index (χ0n) is 66.7. The smallest absolute Gasteiger partial charge is 0.0578 e. The molecule has 10 aromatic rings. The molecule has 10 aromatic carbocycles. The molecule has 0 aromatic heterocycles. The van der Waals surface area contributed by atoms with Gasteiger partial charge >= 0.3 is 0 Å². The predicted octanol–water partition coefficient (Wildman–Crippen LogP) is 29.1. The fraction of sp³-hybridized carbons (Fsp3) is 0.255. The van der Waals surface area contributed by atoms with E-state index in [9.17, 15) is 0 Å². The molecule has 10 aliphatic rings. The Hall–Kier alpha value is -10.7. The van der Waals surface area contributed by atoms with Crippen LogP contribution in [-0.2, 0) is 27.1 Å². The topological polar surface area (TPSA) is 0 Å². The molecule has 0 N–H and O–H groups in total. The fourth-order valence-electron chi connectivity index (χ4n) is 19.8. The minimum atomic E-state index is -0.118. The summed E-state index contributed by atoms with van der Waals surface area (Å²) in [5, 5.41) is 0. The van der Waals surface area contributed by atoms with Gasteiger partial charge in [-0.25, -0.2) is 0 Å². The molecule has 10 aliphatic carbocycles. The highest BCUT2D eigenvalue weighted by Crippen LogP contribution is 2.58. The molecule has 0 unspecified atom stereocenters. The van der Waals surface area contributed by atoms with Crippen LogP contribution in [-0.4, -0.2) is 0 Å². The summed E-state index contributed by atoms with van der Waals surface area (Å²) in [6, 6.07) is 69.3. The Labute approximate surface area is 658 Å². The highest BCUT2D eigenvalue weighted by molar-refractivity contribution is 5.88. The molecule has 548 valence electrons. The third-order valence-corrected chi connectivity index (χ3v) is 25.3. The molecule has 110 heavy (non-hydrogen) atoms. The van der Waals surface area contributed by atoms with E-state index in [1.54, 1.807) is 0 Å². The molecule has 0 saturated heterocycles. The van der Waals surface area contributed by atoms with Crippen molar-refractivity contribution in [1.82, 2.24) is 0 Å². The van der Waals surface area contributed by atoms with Gasteiger partial charge < -0.3 is 0 Å². The first-order valence-electron chi connectivity index (χ1n) is 41.0. The Bertz CT molecular complexity index is 5320. The molecule has 0 amide bonds. The second-order valence-corrected chi connectivity index (χ2v) is 33.3. The van der Waals surface area contributed by atoms with Crippen molar-refractivity contribution in [3.8, 4) is 55.6 Å². The molecular weight excluding hydrogens is 1320 g/mol. The quantitative estimate of drug-likeness (QED) is 0.133. The maximum absolute atomic E-state index is 2.47. The van der Waals surface area contributed by atoms with Crippen LogP contribution in [0.3, 0.4) is 0 Å². The molecule has 0 heterocycles. The van der Waals surface area contributed by atoms with Crippen molar-refractivity contribution in [3.05, 3.63) is 427 Å². The third kappa shape index (κ3) is 13.4. The van der Waals surface area contributed by atoms with Crippen molar-refractivity contribution >= 4 is 0 Å². The first kappa shape index (κ1) is 73.5. The summed E-state index contributed by atoms with van der Waals surface area (Å²) in [5.41, 5.74) is 42.2. The summed E-state index contributed by atoms with van der Waals surface area (Å²) in [5.74, 6) is 0. The molecule has 0 saturated carbocycles. The van der Waals surface area contributed by atoms with Gasteiger partial charge in [0.2, 0.25) is 0 Å². The lowest BCUT2D eigenvalue weighted by molar-refractivity contribution is 0.562. The fourth-order valence-corrected chi connectivity index (χ4v) is 19.8. The lowest BCUT2D eigenvalue weighted by Crippen LogP contribution is -2.23. The molecule has 0 atom stereocenters. The normalized spacial score (nSPS) is 20.4. The van der Waals surface area contributed by atoms with Crippen LogP contribution >= 0.6 is 0 Å². The van der Waals surface area contributed by atoms with Crippen molar-refractivity contribution in [2.45, 2.75) is 180 Å². The van der Waals surface area contributed by atoms with Crippen molar-refractivity contribution in [1.29, 1.82) is 0 Å². The lowest BCUT2D eigenvalue weighted by Gasteiger charge is -2.30. The Morgan fingerprint density at radius 1 is 0.191 bits per heavy atom. The van der Waals surface area contributed by atoms with E-state index < -0.39 is 0 Å². The Morgan fingerprint density at radius 3 is 0.909 bits per heavy atom. The second kappa shape index (κ2) is 30.7. The minimum Gasteiger partial charge on any atom is -0.0882 e. The van der Waals surface area contributed by atoms with Crippen LogP contribution in [0, 0.1) is 69.2 Å². The molecule has 20 rings (SSSR count). The Kier molecular flexibility index (Phi) is 20.5. The largest absolute Gasteiger partial charge is 0.0882 e. The van der Waals surface area contributed by atoms with Crippen LogP contribution in [0.1, 0.15) is 195 Å². The summed E-state index contributed by atoms with van der Waals surface area (Å²) in [4.78, 5) is 0. The van der Waals surface area contributed by atoms with E-state index in [0.717, 1.165) is 44.9 Å². The molecule has 0 aliphatic heterocycles. The van der Waals surface area contributed by atoms with Crippen molar-refractivity contribution < 1.29 is 0 Å². The van der Waals surface area contributed by atoms with E-state index in [4.69, 9.17) is 0 Å². The number of hydrogen-bond acceptors (Lipinski definition) is 0. The summed E-state index contributed by atoms with van der Waals surface area (Å²) < 4.78 is 0. The van der Waals surface area contributed by atoms with Crippen LogP contribution in [0.2, 0.25) is 0 Å². The zero-order valence-corrected chi connectivity index (χ0v) is 66.7. The van der Waals surface area contributed by atoms with Gasteiger partial charge in [-0.3, -0.25) is 0 Å². The summed E-state index contributed by atoms with van der Waals surface area (Å²) >= 11 is 0. The average molecular weight is 1430 g/mol. The Balaban J connectivity index is 0.000000104. The third-order valence-electron chi connectivity index (χ3n) is 25.3. The standard InChI is InChI=1S/4C22H22.C22H20/c5*1-16-8-10-18-19-11-9-17(2)15-21(19)22(20(18)14-16)12-6-4-3-5-7-13-22/h6-15H,3-5H2,1-2H3;4,6-11,13-15H,3,5,12H2,1-2H3;3-4,7-11,13-15H,5-6,12H2,1-2H3;3-4,6,8-12,14-15H,5,7,13H2,1-2H3;3-4,6-15H,5H2,1-2H3/b12-6-,13-7?;6-4-,13-7-;4-3-,13-7-;4-3-,12-6-;4-3-,12-6-,13-7?. The van der Waals surface area contributed by atoms with Gasteiger partial charge in [-0.15, -0.1) is 0 Å².